The zero-order valence-corrected chi connectivity index (χ0v) is 17.2. The maximum Gasteiger partial charge on any atom is 0.243 e. The molecule has 1 heterocycles. The topological polar surface area (TPSA) is 61.1 Å². The van der Waals surface area contributed by atoms with Crippen LogP contribution in [-0.4, -0.2) is 55.9 Å². The van der Waals surface area contributed by atoms with E-state index in [2.05, 4.69) is 10.3 Å². The largest absolute Gasteiger partial charge is 0.469 e. The number of nitrogens with one attached hydrogen (secondary N) is 1. The molecule has 0 aliphatic rings. The number of halogens is 2. The van der Waals surface area contributed by atoms with Gasteiger partial charge in [0.1, 0.15) is 12.3 Å². The van der Waals surface area contributed by atoms with Gasteiger partial charge in [0, 0.05) is 40.7 Å². The van der Waals surface area contributed by atoms with Crippen molar-refractivity contribution < 1.29 is 9.21 Å². The van der Waals surface area contributed by atoms with E-state index in [0.29, 0.717) is 35.5 Å². The predicted molar refractivity (Wildman–Crippen MR) is 109 cm³/mol. The van der Waals surface area contributed by atoms with E-state index in [-0.39, 0.29) is 12.5 Å². The molecule has 8 heteroatoms. The molecule has 0 saturated heterocycles. The van der Waals surface area contributed by atoms with Gasteiger partial charge in [-0.3, -0.25) is 4.79 Å². The molecule has 0 radical (unpaired) electrons. The van der Waals surface area contributed by atoms with Crippen molar-refractivity contribution in [2.75, 3.05) is 34.2 Å². The van der Waals surface area contributed by atoms with E-state index in [9.17, 15) is 4.79 Å². The van der Waals surface area contributed by atoms with Gasteiger partial charge in [-0.05, 0) is 29.8 Å². The van der Waals surface area contributed by atoms with Gasteiger partial charge in [-0.2, -0.15) is 0 Å². The summed E-state index contributed by atoms with van der Waals surface area (Å²) in [4.78, 5) is 19.8. The average molecular weight is 411 g/mol. The fourth-order valence-corrected chi connectivity index (χ4v) is 2.66. The minimum Gasteiger partial charge on any atom is -0.469 e. The van der Waals surface area contributed by atoms with Crippen LogP contribution in [0.5, 0.6) is 0 Å². The molecule has 6 nitrogen and oxygen atoms in total. The van der Waals surface area contributed by atoms with Crippen LogP contribution >= 0.6 is 23.2 Å². The number of carbonyl (C=O) groups excluding carboxylic acids is 1. The van der Waals surface area contributed by atoms with Crippen LogP contribution in [0, 0.1) is 0 Å². The number of nitrogens with zero attached hydrogens (tertiary/aromatic N) is 3. The molecule has 1 aromatic heterocycles. The summed E-state index contributed by atoms with van der Waals surface area (Å²) in [5, 5.41) is 4.31. The molecule has 1 amide bonds. The highest BCUT2D eigenvalue weighted by Gasteiger charge is 2.11. The van der Waals surface area contributed by atoms with Crippen molar-refractivity contribution in [1.82, 2.24) is 15.1 Å². The minimum atomic E-state index is -0.0664. The number of aliphatic imine (C=N–C) groups is 1. The van der Waals surface area contributed by atoms with Crippen molar-refractivity contribution in [1.29, 1.82) is 0 Å². The number of rotatable bonds is 7. The summed E-state index contributed by atoms with van der Waals surface area (Å²) in [6.45, 7) is 1.27. The third kappa shape index (κ3) is 6.81. The standard InChI is InChI=1S/C19H24Cl2N4O2/c1-24(2)18(26)12-23-19(22-9-8-15-5-4-10-27-15)25(3)13-14-6-7-16(20)17(21)11-14/h4-7,10-11H,8-9,12-13H2,1-3H3,(H,22,23). The minimum absolute atomic E-state index is 0.0664. The Kier molecular flexibility index (Phi) is 8.00. The van der Waals surface area contributed by atoms with Gasteiger partial charge in [0.2, 0.25) is 5.91 Å². The van der Waals surface area contributed by atoms with Crippen molar-refractivity contribution in [3.63, 3.8) is 0 Å². The Morgan fingerprint density at radius 2 is 1.96 bits per heavy atom. The maximum atomic E-state index is 11.9. The molecule has 0 bridgehead atoms. The van der Waals surface area contributed by atoms with E-state index in [1.165, 1.54) is 4.90 Å². The zero-order chi connectivity index (χ0) is 19.8. The lowest BCUT2D eigenvalue weighted by Crippen LogP contribution is -2.40. The molecule has 2 aromatic rings. The molecule has 0 saturated carbocycles. The van der Waals surface area contributed by atoms with Gasteiger partial charge in [0.05, 0.1) is 16.3 Å². The Hall–Kier alpha value is -2.18. The van der Waals surface area contributed by atoms with Crippen LogP contribution < -0.4 is 5.32 Å². The molecule has 0 atom stereocenters. The second kappa shape index (κ2) is 10.2. The van der Waals surface area contributed by atoms with Crippen LogP contribution in [0.2, 0.25) is 10.0 Å². The van der Waals surface area contributed by atoms with E-state index in [1.54, 1.807) is 26.4 Å². The van der Waals surface area contributed by atoms with Crippen LogP contribution in [0.25, 0.3) is 0 Å². The molecule has 0 aliphatic carbocycles. The first-order valence-electron chi connectivity index (χ1n) is 8.52. The molecule has 0 spiro atoms. The van der Waals surface area contributed by atoms with Crippen LogP contribution in [0.15, 0.2) is 46.0 Å². The first kappa shape index (κ1) is 21.1. The molecule has 2 rings (SSSR count). The van der Waals surface area contributed by atoms with Gasteiger partial charge < -0.3 is 19.5 Å². The SMILES string of the molecule is CN(C)C(=O)CN=C(NCCc1ccco1)N(C)Cc1ccc(Cl)c(Cl)c1. The van der Waals surface area contributed by atoms with E-state index >= 15 is 0 Å². The summed E-state index contributed by atoms with van der Waals surface area (Å²) < 4.78 is 5.34. The summed E-state index contributed by atoms with van der Waals surface area (Å²) in [7, 11) is 5.32. The molecule has 0 fully saturated rings. The summed E-state index contributed by atoms with van der Waals surface area (Å²) in [5.74, 6) is 1.45. The van der Waals surface area contributed by atoms with Crippen LogP contribution in [-0.2, 0) is 17.8 Å². The Morgan fingerprint density at radius 3 is 2.59 bits per heavy atom. The van der Waals surface area contributed by atoms with E-state index in [0.717, 1.165) is 11.3 Å². The number of amides is 1. The molecular formula is C19H24Cl2N4O2. The average Bonchev–Trinajstić information content (AvgIpc) is 3.14. The Balaban J connectivity index is 2.04. The Labute approximate surface area is 169 Å². The highest BCUT2D eigenvalue weighted by atomic mass is 35.5. The molecule has 0 aliphatic heterocycles. The fraction of sp³-hybridized carbons (Fsp3) is 0.368. The maximum absolute atomic E-state index is 11.9. The molecule has 0 unspecified atom stereocenters. The summed E-state index contributed by atoms with van der Waals surface area (Å²) in [6.07, 6.45) is 2.37. The summed E-state index contributed by atoms with van der Waals surface area (Å²) >= 11 is 12.1. The Morgan fingerprint density at radius 1 is 1.19 bits per heavy atom. The quantitative estimate of drug-likeness (QED) is 0.561. The van der Waals surface area contributed by atoms with Gasteiger partial charge in [-0.1, -0.05) is 29.3 Å². The second-order valence-corrected chi connectivity index (χ2v) is 7.10. The van der Waals surface area contributed by atoms with Crippen molar-refractivity contribution in [2.24, 2.45) is 4.99 Å². The monoisotopic (exact) mass is 410 g/mol. The van der Waals surface area contributed by atoms with Crippen molar-refractivity contribution in [3.05, 3.63) is 58.0 Å². The normalized spacial score (nSPS) is 11.4. The molecule has 1 aromatic carbocycles. The number of carbonyl (C=O) groups is 1. The lowest BCUT2D eigenvalue weighted by atomic mass is 10.2. The van der Waals surface area contributed by atoms with Gasteiger partial charge >= 0.3 is 0 Å². The van der Waals surface area contributed by atoms with Crippen LogP contribution in [0.1, 0.15) is 11.3 Å². The van der Waals surface area contributed by atoms with Gasteiger partial charge in [-0.25, -0.2) is 4.99 Å². The van der Waals surface area contributed by atoms with Gasteiger partial charge in [0.25, 0.3) is 0 Å². The van der Waals surface area contributed by atoms with Crippen molar-refractivity contribution in [2.45, 2.75) is 13.0 Å². The third-order valence-corrected chi connectivity index (χ3v) is 4.60. The number of hydrogen-bond donors (Lipinski definition) is 1. The summed E-state index contributed by atoms with van der Waals surface area (Å²) in [5.41, 5.74) is 0.992. The van der Waals surface area contributed by atoms with Crippen molar-refractivity contribution in [3.8, 4) is 0 Å². The highest BCUT2D eigenvalue weighted by Crippen LogP contribution is 2.23. The van der Waals surface area contributed by atoms with Crippen LogP contribution in [0.4, 0.5) is 0 Å². The number of benzene rings is 1. The molecule has 146 valence electrons. The first-order chi connectivity index (χ1) is 12.9. The Bertz CT molecular complexity index is 776. The highest BCUT2D eigenvalue weighted by molar-refractivity contribution is 6.42. The number of likely N-dealkylation sites (N-methyl/N-ethyl adjacent to an activating group) is 1. The van der Waals surface area contributed by atoms with E-state index < -0.39 is 0 Å². The fourth-order valence-electron chi connectivity index (χ4n) is 2.33. The summed E-state index contributed by atoms with van der Waals surface area (Å²) in [6, 6.07) is 9.29. The van der Waals surface area contributed by atoms with Crippen molar-refractivity contribution >= 4 is 35.1 Å². The third-order valence-electron chi connectivity index (χ3n) is 3.86. The van der Waals surface area contributed by atoms with Gasteiger partial charge in [0.15, 0.2) is 5.96 Å². The lowest BCUT2D eigenvalue weighted by Gasteiger charge is -2.23. The zero-order valence-electron chi connectivity index (χ0n) is 15.7. The lowest BCUT2D eigenvalue weighted by molar-refractivity contribution is -0.127. The predicted octanol–water partition coefficient (Wildman–Crippen LogP) is 3.29. The second-order valence-electron chi connectivity index (χ2n) is 6.29. The smallest absolute Gasteiger partial charge is 0.243 e. The first-order valence-corrected chi connectivity index (χ1v) is 9.28. The van der Waals surface area contributed by atoms with E-state index in [1.807, 2.05) is 36.2 Å². The molecular weight excluding hydrogens is 387 g/mol. The number of hydrogen-bond acceptors (Lipinski definition) is 3. The molecule has 1 N–H and O–H groups in total. The number of guanidine groups is 1. The van der Waals surface area contributed by atoms with Crippen LogP contribution in [0.3, 0.4) is 0 Å². The number of furan rings is 1. The van der Waals surface area contributed by atoms with E-state index in [4.69, 9.17) is 27.6 Å². The van der Waals surface area contributed by atoms with Gasteiger partial charge in [-0.15, -0.1) is 0 Å². The molecule has 27 heavy (non-hydrogen) atoms.